The number of rotatable bonds is 4. The predicted molar refractivity (Wildman–Crippen MR) is 46.5 cm³/mol. The van der Waals surface area contributed by atoms with Crippen molar-refractivity contribution in [3.63, 3.8) is 0 Å². The van der Waals surface area contributed by atoms with Gasteiger partial charge in [0.2, 0.25) is 0 Å². The van der Waals surface area contributed by atoms with Crippen molar-refractivity contribution in [1.82, 2.24) is 0 Å². The molecule has 0 aliphatic carbocycles. The second kappa shape index (κ2) is 3.11. The molecular weight excluding hydrogens is 138 g/mol. The lowest BCUT2D eigenvalue weighted by atomic mass is 10.2. The predicted octanol–water partition coefficient (Wildman–Crippen LogP) is 1.26. The Kier molecular flexibility index (Phi) is 2.55. The van der Waals surface area contributed by atoms with Gasteiger partial charge in [-0.1, -0.05) is 6.92 Å². The molecule has 1 aliphatic heterocycles. The fourth-order valence-corrected chi connectivity index (χ4v) is 1.31. The molecule has 1 aliphatic rings. The van der Waals surface area contributed by atoms with Crippen LogP contribution in [0.15, 0.2) is 0 Å². The van der Waals surface area contributed by atoms with Gasteiger partial charge < -0.3 is 9.22 Å². The van der Waals surface area contributed by atoms with Crippen LogP contribution in [0.2, 0.25) is 0 Å². The minimum absolute atomic E-state index is 0.581. The maximum absolute atomic E-state index is 5.45. The third kappa shape index (κ3) is 3.21. The van der Waals surface area contributed by atoms with Crippen molar-refractivity contribution in [1.29, 1.82) is 0 Å². The van der Waals surface area contributed by atoms with Crippen LogP contribution >= 0.6 is 0 Å². The van der Waals surface area contributed by atoms with Crippen LogP contribution in [0.25, 0.3) is 0 Å². The smallest absolute Gasteiger partial charge is 0.0895 e. The molecule has 1 heterocycles. The molecule has 1 saturated heterocycles. The standard InChI is InChI=1S/C9H20NO/c1-5-8-9(11-8)6-7-10(2,3)4/h8-9H,5-7H2,1-4H3/q+1/t8-,9+/m1/s1. The van der Waals surface area contributed by atoms with Crippen molar-refractivity contribution in [2.75, 3.05) is 27.7 Å². The van der Waals surface area contributed by atoms with E-state index >= 15 is 0 Å². The summed E-state index contributed by atoms with van der Waals surface area (Å²) in [5.74, 6) is 0. The zero-order chi connectivity index (χ0) is 8.48. The van der Waals surface area contributed by atoms with E-state index in [0.29, 0.717) is 12.2 Å². The average Bonchev–Trinajstić information content (AvgIpc) is 2.60. The molecule has 2 heteroatoms. The molecule has 0 unspecified atom stereocenters. The Morgan fingerprint density at radius 1 is 1.18 bits per heavy atom. The van der Waals surface area contributed by atoms with Gasteiger partial charge in [0, 0.05) is 6.42 Å². The first kappa shape index (κ1) is 9.01. The van der Waals surface area contributed by atoms with E-state index in [1.54, 1.807) is 0 Å². The van der Waals surface area contributed by atoms with Gasteiger partial charge in [0.1, 0.15) is 0 Å². The molecule has 1 rings (SSSR count). The molecule has 0 N–H and O–H groups in total. The molecule has 0 saturated carbocycles. The zero-order valence-corrected chi connectivity index (χ0v) is 8.13. The molecule has 11 heavy (non-hydrogen) atoms. The van der Waals surface area contributed by atoms with Crippen molar-refractivity contribution in [3.8, 4) is 0 Å². The van der Waals surface area contributed by atoms with Gasteiger partial charge in [0.05, 0.1) is 39.9 Å². The first-order valence-electron chi connectivity index (χ1n) is 4.49. The highest BCUT2D eigenvalue weighted by molar-refractivity contribution is 4.82. The maximum Gasteiger partial charge on any atom is 0.0895 e. The van der Waals surface area contributed by atoms with Gasteiger partial charge in [-0.2, -0.15) is 0 Å². The summed E-state index contributed by atoms with van der Waals surface area (Å²) in [6.07, 6.45) is 3.57. The summed E-state index contributed by atoms with van der Waals surface area (Å²) >= 11 is 0. The minimum Gasteiger partial charge on any atom is -0.369 e. The number of hydrogen-bond donors (Lipinski definition) is 0. The molecule has 1 fully saturated rings. The number of ether oxygens (including phenoxy) is 1. The summed E-state index contributed by atoms with van der Waals surface area (Å²) in [5, 5.41) is 0. The van der Waals surface area contributed by atoms with Gasteiger partial charge in [-0.25, -0.2) is 0 Å². The Morgan fingerprint density at radius 2 is 1.82 bits per heavy atom. The van der Waals surface area contributed by atoms with Crippen LogP contribution in [0.1, 0.15) is 19.8 Å². The zero-order valence-electron chi connectivity index (χ0n) is 8.13. The highest BCUT2D eigenvalue weighted by Crippen LogP contribution is 2.28. The van der Waals surface area contributed by atoms with E-state index in [-0.39, 0.29) is 0 Å². The maximum atomic E-state index is 5.45. The summed E-state index contributed by atoms with van der Waals surface area (Å²) in [6.45, 7) is 3.41. The summed E-state index contributed by atoms with van der Waals surface area (Å²) < 4.78 is 6.50. The Bertz CT molecular complexity index is 128. The molecule has 0 aromatic rings. The number of hydrogen-bond acceptors (Lipinski definition) is 1. The lowest BCUT2D eigenvalue weighted by Crippen LogP contribution is -2.36. The normalized spacial score (nSPS) is 30.5. The molecule has 0 spiro atoms. The first-order valence-corrected chi connectivity index (χ1v) is 4.49. The van der Waals surface area contributed by atoms with Gasteiger partial charge >= 0.3 is 0 Å². The SMILES string of the molecule is CC[C@H]1O[C@H]1CC[N+](C)(C)C. The van der Waals surface area contributed by atoms with E-state index < -0.39 is 0 Å². The minimum atomic E-state index is 0.581. The van der Waals surface area contributed by atoms with Crippen LogP contribution in [-0.4, -0.2) is 44.4 Å². The number of epoxide rings is 1. The molecule has 2 nitrogen and oxygen atoms in total. The highest BCUT2D eigenvalue weighted by atomic mass is 16.6. The van der Waals surface area contributed by atoms with Crippen LogP contribution < -0.4 is 0 Å². The lowest BCUT2D eigenvalue weighted by molar-refractivity contribution is -0.870. The monoisotopic (exact) mass is 158 g/mol. The van der Waals surface area contributed by atoms with Crippen LogP contribution in [0.4, 0.5) is 0 Å². The van der Waals surface area contributed by atoms with E-state index in [4.69, 9.17) is 4.74 Å². The van der Waals surface area contributed by atoms with E-state index in [9.17, 15) is 0 Å². The summed E-state index contributed by atoms with van der Waals surface area (Å²) in [4.78, 5) is 0. The van der Waals surface area contributed by atoms with Gasteiger partial charge in [0.15, 0.2) is 0 Å². The number of quaternary nitrogens is 1. The Hall–Kier alpha value is -0.0800. The molecule has 66 valence electrons. The third-order valence-electron chi connectivity index (χ3n) is 2.17. The first-order chi connectivity index (χ1) is 5.03. The second-order valence-electron chi connectivity index (χ2n) is 4.42. The van der Waals surface area contributed by atoms with Crippen molar-refractivity contribution < 1.29 is 9.22 Å². The van der Waals surface area contributed by atoms with E-state index in [0.717, 1.165) is 4.48 Å². The number of nitrogens with zero attached hydrogens (tertiary/aromatic N) is 1. The van der Waals surface area contributed by atoms with Crippen LogP contribution in [-0.2, 0) is 4.74 Å². The Labute approximate surface area is 69.7 Å². The second-order valence-corrected chi connectivity index (χ2v) is 4.42. The third-order valence-corrected chi connectivity index (χ3v) is 2.17. The molecule has 0 amide bonds. The molecule has 0 bridgehead atoms. The van der Waals surface area contributed by atoms with Crippen molar-refractivity contribution in [2.24, 2.45) is 0 Å². The van der Waals surface area contributed by atoms with Crippen molar-refractivity contribution in [2.45, 2.75) is 32.0 Å². The van der Waals surface area contributed by atoms with E-state index in [1.807, 2.05) is 0 Å². The largest absolute Gasteiger partial charge is 0.369 e. The quantitative estimate of drug-likeness (QED) is 0.443. The lowest BCUT2D eigenvalue weighted by Gasteiger charge is -2.23. The van der Waals surface area contributed by atoms with E-state index in [1.165, 1.54) is 19.4 Å². The summed E-state index contributed by atoms with van der Waals surface area (Å²) in [6, 6.07) is 0. The fourth-order valence-electron chi connectivity index (χ4n) is 1.31. The molecule has 2 atom stereocenters. The topological polar surface area (TPSA) is 12.5 Å². The molecular formula is C9H20NO+. The van der Waals surface area contributed by atoms with Crippen LogP contribution in [0.5, 0.6) is 0 Å². The van der Waals surface area contributed by atoms with Crippen LogP contribution in [0, 0.1) is 0 Å². The van der Waals surface area contributed by atoms with Crippen molar-refractivity contribution >= 4 is 0 Å². The van der Waals surface area contributed by atoms with Crippen molar-refractivity contribution in [3.05, 3.63) is 0 Å². The Morgan fingerprint density at radius 3 is 2.18 bits per heavy atom. The molecule has 0 aromatic carbocycles. The summed E-state index contributed by atoms with van der Waals surface area (Å²) in [7, 11) is 6.68. The van der Waals surface area contributed by atoms with Gasteiger partial charge in [0.25, 0.3) is 0 Å². The van der Waals surface area contributed by atoms with E-state index in [2.05, 4.69) is 28.1 Å². The highest BCUT2D eigenvalue weighted by Gasteiger charge is 2.37. The van der Waals surface area contributed by atoms with Gasteiger partial charge in [-0.05, 0) is 6.42 Å². The van der Waals surface area contributed by atoms with Crippen LogP contribution in [0.3, 0.4) is 0 Å². The summed E-state index contributed by atoms with van der Waals surface area (Å²) in [5.41, 5.74) is 0. The Balaban J connectivity index is 2.06. The van der Waals surface area contributed by atoms with Gasteiger partial charge in [-0.3, -0.25) is 0 Å². The molecule has 0 radical (unpaired) electrons. The fraction of sp³-hybridized carbons (Fsp3) is 1.00. The van der Waals surface area contributed by atoms with Gasteiger partial charge in [-0.15, -0.1) is 0 Å². The molecule has 0 aromatic heterocycles. The average molecular weight is 158 g/mol.